The summed E-state index contributed by atoms with van der Waals surface area (Å²) >= 11 is 12.1. The Labute approximate surface area is 133 Å². The van der Waals surface area contributed by atoms with Crippen molar-refractivity contribution in [3.63, 3.8) is 0 Å². The van der Waals surface area contributed by atoms with Gasteiger partial charge in [-0.2, -0.15) is 5.10 Å². The normalized spacial score (nSPS) is 14.8. The molecular formula is C14H17Cl2N3O2. The quantitative estimate of drug-likeness (QED) is 0.931. The van der Waals surface area contributed by atoms with E-state index in [1.54, 1.807) is 18.2 Å². The molecule has 0 spiro atoms. The third-order valence-corrected chi connectivity index (χ3v) is 3.54. The molecule has 0 saturated heterocycles. The summed E-state index contributed by atoms with van der Waals surface area (Å²) in [6.45, 7) is 5.72. The molecule has 0 aliphatic carbocycles. The molecule has 2 rings (SSSR count). The van der Waals surface area contributed by atoms with Gasteiger partial charge in [-0.3, -0.25) is 0 Å². The smallest absolute Gasteiger partial charge is 0.219 e. The van der Waals surface area contributed by atoms with Crippen molar-refractivity contribution in [2.24, 2.45) is 5.41 Å². The summed E-state index contributed by atoms with van der Waals surface area (Å²) in [5, 5.41) is 15.5. The molecule has 1 N–H and O–H groups in total. The molecule has 0 amide bonds. The average molecular weight is 330 g/mol. The molecular weight excluding hydrogens is 313 g/mol. The maximum atomic E-state index is 10.5. The van der Waals surface area contributed by atoms with Crippen LogP contribution in [-0.2, 0) is 0 Å². The maximum absolute atomic E-state index is 10.5. The zero-order chi connectivity index (χ0) is 15.6. The van der Waals surface area contributed by atoms with Gasteiger partial charge >= 0.3 is 0 Å². The van der Waals surface area contributed by atoms with E-state index in [0.717, 1.165) is 0 Å². The lowest BCUT2D eigenvalue weighted by Crippen LogP contribution is -2.39. The first-order valence-electron chi connectivity index (χ1n) is 6.43. The maximum Gasteiger partial charge on any atom is 0.219 e. The molecule has 1 aromatic carbocycles. The Hall–Kier alpha value is -1.30. The fourth-order valence-corrected chi connectivity index (χ4v) is 2.06. The first-order valence-corrected chi connectivity index (χ1v) is 7.18. The largest absolute Gasteiger partial charge is 0.464 e. The number of nitrogens with zero attached hydrogens (tertiary/aromatic N) is 3. The second-order valence-corrected chi connectivity index (χ2v) is 6.61. The van der Waals surface area contributed by atoms with Crippen molar-refractivity contribution in [3.8, 4) is 5.75 Å². The van der Waals surface area contributed by atoms with Crippen LogP contribution in [0.3, 0.4) is 0 Å². The molecule has 0 aliphatic heterocycles. The van der Waals surface area contributed by atoms with Crippen LogP contribution >= 0.6 is 23.2 Å². The van der Waals surface area contributed by atoms with Gasteiger partial charge < -0.3 is 9.84 Å². The molecule has 2 atom stereocenters. The molecule has 0 aliphatic rings. The fraction of sp³-hybridized carbons (Fsp3) is 0.429. The predicted molar refractivity (Wildman–Crippen MR) is 81.6 cm³/mol. The summed E-state index contributed by atoms with van der Waals surface area (Å²) in [5.41, 5.74) is -0.415. The summed E-state index contributed by atoms with van der Waals surface area (Å²) in [4.78, 5) is 3.89. The van der Waals surface area contributed by atoms with Crippen molar-refractivity contribution in [1.82, 2.24) is 14.8 Å². The van der Waals surface area contributed by atoms with Crippen LogP contribution in [0, 0.1) is 5.41 Å². The Morgan fingerprint density at radius 2 is 2.00 bits per heavy atom. The minimum Gasteiger partial charge on any atom is -0.464 e. The number of aliphatic hydroxyl groups is 1. The fourth-order valence-electron chi connectivity index (χ4n) is 1.74. The van der Waals surface area contributed by atoms with Crippen molar-refractivity contribution >= 4 is 23.2 Å². The second-order valence-electron chi connectivity index (χ2n) is 5.77. The molecule has 2 aromatic rings. The predicted octanol–water partition coefficient (Wildman–Crippen LogP) is 3.57. The highest BCUT2D eigenvalue weighted by Gasteiger charge is 2.34. The number of halogens is 2. The van der Waals surface area contributed by atoms with Gasteiger partial charge in [0.2, 0.25) is 6.23 Å². The molecule has 0 bridgehead atoms. The Bertz CT molecular complexity index is 597. The van der Waals surface area contributed by atoms with Gasteiger partial charge in [-0.1, -0.05) is 44.0 Å². The van der Waals surface area contributed by atoms with E-state index in [-0.39, 0.29) is 0 Å². The molecule has 7 heteroatoms. The van der Waals surface area contributed by atoms with Gasteiger partial charge in [0.1, 0.15) is 24.5 Å². The lowest BCUT2D eigenvalue weighted by atomic mass is 9.88. The third kappa shape index (κ3) is 3.87. The van der Waals surface area contributed by atoms with Gasteiger partial charge in [-0.25, -0.2) is 9.67 Å². The van der Waals surface area contributed by atoms with E-state index >= 15 is 0 Å². The monoisotopic (exact) mass is 329 g/mol. The Balaban J connectivity index is 2.35. The number of aliphatic hydroxyl groups excluding tert-OH is 1. The average Bonchev–Trinajstić information content (AvgIpc) is 2.91. The summed E-state index contributed by atoms with van der Waals surface area (Å²) in [6.07, 6.45) is 1.28. The topological polar surface area (TPSA) is 60.2 Å². The number of rotatable bonds is 4. The first kappa shape index (κ1) is 16.1. The van der Waals surface area contributed by atoms with E-state index < -0.39 is 17.7 Å². The molecule has 114 valence electrons. The number of aromatic nitrogens is 3. The molecule has 2 unspecified atom stereocenters. The summed E-state index contributed by atoms with van der Waals surface area (Å²) in [5.74, 6) is 0.382. The lowest BCUT2D eigenvalue weighted by Gasteiger charge is -2.33. The van der Waals surface area contributed by atoms with E-state index in [1.165, 1.54) is 17.3 Å². The lowest BCUT2D eigenvalue weighted by molar-refractivity contribution is -0.0730. The molecule has 1 aromatic heterocycles. The van der Waals surface area contributed by atoms with E-state index in [2.05, 4.69) is 10.1 Å². The van der Waals surface area contributed by atoms with Crippen LogP contribution in [0.1, 0.15) is 27.0 Å². The highest BCUT2D eigenvalue weighted by atomic mass is 35.5. The molecule has 5 nitrogen and oxygen atoms in total. The first-order chi connectivity index (χ1) is 9.79. The number of benzene rings is 1. The van der Waals surface area contributed by atoms with Crippen molar-refractivity contribution in [1.29, 1.82) is 0 Å². The van der Waals surface area contributed by atoms with Crippen LogP contribution in [-0.4, -0.2) is 26.0 Å². The van der Waals surface area contributed by atoms with Crippen molar-refractivity contribution in [3.05, 3.63) is 40.9 Å². The van der Waals surface area contributed by atoms with E-state index in [9.17, 15) is 5.11 Å². The van der Waals surface area contributed by atoms with Crippen LogP contribution in [0.5, 0.6) is 5.75 Å². The van der Waals surface area contributed by atoms with Crippen molar-refractivity contribution in [2.45, 2.75) is 33.1 Å². The number of hydrogen-bond donors (Lipinski definition) is 1. The third-order valence-electron chi connectivity index (χ3n) is 3.00. The molecule has 21 heavy (non-hydrogen) atoms. The molecule has 0 radical (unpaired) electrons. The Morgan fingerprint density at radius 1 is 1.29 bits per heavy atom. The van der Waals surface area contributed by atoms with Crippen LogP contribution in [0.15, 0.2) is 30.9 Å². The van der Waals surface area contributed by atoms with Crippen molar-refractivity contribution < 1.29 is 9.84 Å². The summed E-state index contributed by atoms with van der Waals surface area (Å²) in [6, 6.07) is 4.91. The number of ether oxygens (including phenoxy) is 1. The van der Waals surface area contributed by atoms with Gasteiger partial charge in [0.25, 0.3) is 0 Å². The zero-order valence-electron chi connectivity index (χ0n) is 12.0. The SMILES string of the molecule is CC(C)(C)C(O)C(Oc1cc(Cl)ccc1Cl)n1cncn1. The van der Waals surface area contributed by atoms with Gasteiger partial charge in [-0.05, 0) is 17.5 Å². The standard InChI is InChI=1S/C14H17Cl2N3O2/c1-14(2,3)12(20)13(19-8-17-7-18-19)21-11-6-9(15)4-5-10(11)16/h4-8,12-13,20H,1-3H3. The van der Waals surface area contributed by atoms with Gasteiger partial charge in [0, 0.05) is 11.1 Å². The minimum atomic E-state index is -0.825. The van der Waals surface area contributed by atoms with E-state index in [1.807, 2.05) is 20.8 Å². The highest BCUT2D eigenvalue weighted by molar-refractivity contribution is 6.34. The Morgan fingerprint density at radius 3 is 2.57 bits per heavy atom. The van der Waals surface area contributed by atoms with Crippen LogP contribution < -0.4 is 4.74 Å². The van der Waals surface area contributed by atoms with Crippen LogP contribution in [0.25, 0.3) is 0 Å². The van der Waals surface area contributed by atoms with Gasteiger partial charge in [-0.15, -0.1) is 0 Å². The van der Waals surface area contributed by atoms with Crippen LogP contribution in [0.4, 0.5) is 0 Å². The highest BCUT2D eigenvalue weighted by Crippen LogP contribution is 2.34. The van der Waals surface area contributed by atoms with E-state index in [4.69, 9.17) is 27.9 Å². The zero-order valence-corrected chi connectivity index (χ0v) is 13.5. The summed E-state index contributed by atoms with van der Waals surface area (Å²) < 4.78 is 7.30. The van der Waals surface area contributed by atoms with E-state index in [0.29, 0.717) is 15.8 Å². The molecule has 0 saturated carbocycles. The van der Waals surface area contributed by atoms with Crippen LogP contribution in [0.2, 0.25) is 10.0 Å². The summed E-state index contributed by atoms with van der Waals surface area (Å²) in [7, 11) is 0. The van der Waals surface area contributed by atoms with Gasteiger partial charge in [0.05, 0.1) is 5.02 Å². The second kappa shape index (κ2) is 6.22. The minimum absolute atomic E-state index is 0.382. The molecule has 0 fully saturated rings. The number of hydrogen-bond acceptors (Lipinski definition) is 4. The van der Waals surface area contributed by atoms with Crippen molar-refractivity contribution in [2.75, 3.05) is 0 Å². The van der Waals surface area contributed by atoms with Gasteiger partial charge in [0.15, 0.2) is 0 Å². The molecule has 1 heterocycles. The Kier molecular flexibility index (Phi) is 4.76.